The van der Waals surface area contributed by atoms with Crippen LogP contribution >= 0.6 is 0 Å². The number of rotatable bonds is 9. The first-order chi connectivity index (χ1) is 18.3. The van der Waals surface area contributed by atoms with Crippen LogP contribution in [0.5, 0.6) is 5.75 Å². The van der Waals surface area contributed by atoms with Crippen molar-refractivity contribution in [3.05, 3.63) is 111 Å². The van der Waals surface area contributed by atoms with Crippen molar-refractivity contribution in [2.75, 3.05) is 12.4 Å². The Morgan fingerprint density at radius 2 is 1.89 bits per heavy atom. The van der Waals surface area contributed by atoms with Crippen LogP contribution in [0.2, 0.25) is 0 Å². The molecule has 12 nitrogen and oxygen atoms in total. The van der Waals surface area contributed by atoms with Gasteiger partial charge in [-0.25, -0.2) is 9.82 Å². The average Bonchev–Trinajstić information content (AvgIpc) is 3.38. The fourth-order valence-corrected chi connectivity index (χ4v) is 3.43. The molecule has 0 aliphatic carbocycles. The number of hydrogen-bond acceptors (Lipinski definition) is 8. The highest BCUT2D eigenvalue weighted by molar-refractivity contribution is 6.09. The summed E-state index contributed by atoms with van der Waals surface area (Å²) in [4.78, 5) is 39.0. The maximum absolute atomic E-state index is 13.1. The molecular weight excluding hydrogens is 497 g/mol. The van der Waals surface area contributed by atoms with Crippen molar-refractivity contribution >= 4 is 29.7 Å². The van der Waals surface area contributed by atoms with Gasteiger partial charge in [0.15, 0.2) is 0 Å². The smallest absolute Gasteiger partial charge is 0.490 e. The van der Waals surface area contributed by atoms with E-state index in [-0.39, 0.29) is 23.4 Å². The number of methoxy groups -OCH3 is 1. The van der Waals surface area contributed by atoms with Crippen LogP contribution in [0.1, 0.15) is 31.8 Å². The molecule has 2 amide bonds. The van der Waals surface area contributed by atoms with Gasteiger partial charge >= 0.3 is 5.95 Å². The van der Waals surface area contributed by atoms with Crippen LogP contribution in [0.3, 0.4) is 0 Å². The SMILES string of the molecule is COc1ccc(/C=N/NC(=O)c2ccccc2NC(=O)c2ccc(F)cc2)cc1Cn1cnc([N+](=O)[O-])n1. The molecule has 2 N–H and O–H groups in total. The first-order valence-corrected chi connectivity index (χ1v) is 11.0. The third-order valence-electron chi connectivity index (χ3n) is 5.23. The second-order valence-corrected chi connectivity index (χ2v) is 7.78. The number of carbonyl (C=O) groups is 2. The topological polar surface area (TPSA) is 154 Å². The van der Waals surface area contributed by atoms with E-state index < -0.39 is 28.5 Å². The Bertz CT molecular complexity index is 1520. The lowest BCUT2D eigenvalue weighted by Gasteiger charge is -2.10. The Labute approximate surface area is 214 Å². The number of nitrogens with one attached hydrogen (secondary N) is 2. The molecule has 0 fully saturated rings. The Morgan fingerprint density at radius 1 is 1.13 bits per heavy atom. The van der Waals surface area contributed by atoms with E-state index in [1.165, 1.54) is 54.7 Å². The molecule has 192 valence electrons. The number of carbonyl (C=O) groups excluding carboxylic acids is 2. The van der Waals surface area contributed by atoms with E-state index in [2.05, 4.69) is 25.9 Å². The molecule has 4 aromatic rings. The molecule has 0 bridgehead atoms. The monoisotopic (exact) mass is 517 g/mol. The van der Waals surface area contributed by atoms with E-state index in [1.54, 1.807) is 36.4 Å². The van der Waals surface area contributed by atoms with Crippen LogP contribution in [-0.4, -0.2) is 44.8 Å². The molecule has 0 aliphatic heterocycles. The van der Waals surface area contributed by atoms with Crippen LogP contribution in [0.4, 0.5) is 16.0 Å². The second kappa shape index (κ2) is 11.5. The van der Waals surface area contributed by atoms with E-state index in [4.69, 9.17) is 4.74 Å². The molecule has 0 aliphatic rings. The fraction of sp³-hybridized carbons (Fsp3) is 0.0800. The maximum Gasteiger partial charge on any atom is 0.490 e. The Balaban J connectivity index is 1.45. The minimum Gasteiger partial charge on any atom is -0.496 e. The summed E-state index contributed by atoms with van der Waals surface area (Å²) in [5.74, 6) is -1.53. The highest BCUT2D eigenvalue weighted by Gasteiger charge is 2.16. The van der Waals surface area contributed by atoms with Crippen LogP contribution in [0.25, 0.3) is 0 Å². The molecule has 3 aromatic carbocycles. The molecule has 0 saturated carbocycles. The molecule has 0 atom stereocenters. The molecule has 1 aromatic heterocycles. The fourth-order valence-electron chi connectivity index (χ4n) is 3.43. The predicted octanol–water partition coefficient (Wildman–Crippen LogP) is 3.40. The van der Waals surface area contributed by atoms with Crippen molar-refractivity contribution in [3.63, 3.8) is 0 Å². The molecule has 0 spiro atoms. The Hall–Kier alpha value is -5.46. The first kappa shape index (κ1) is 25.6. The Kier molecular flexibility index (Phi) is 7.77. The molecule has 1 heterocycles. The zero-order chi connectivity index (χ0) is 27.1. The summed E-state index contributed by atoms with van der Waals surface area (Å²) in [5.41, 5.74) is 4.33. The molecule has 13 heteroatoms. The number of benzene rings is 3. The molecular formula is C25H20FN7O5. The number of hydrazone groups is 1. The van der Waals surface area contributed by atoms with Crippen LogP contribution in [0, 0.1) is 15.9 Å². The van der Waals surface area contributed by atoms with Gasteiger partial charge in [-0.2, -0.15) is 9.78 Å². The standard InChI is InChI=1S/C25H20FN7O5/c1-38-22-11-6-16(12-18(22)14-32-15-27-25(31-32)33(36)37)13-28-30-24(35)20-4-2-3-5-21(20)29-23(34)17-7-9-19(26)10-8-17/h2-13,15H,14H2,1H3,(H,29,34)(H,30,35)/b28-13+. The average molecular weight is 517 g/mol. The number of anilines is 1. The largest absolute Gasteiger partial charge is 0.496 e. The van der Waals surface area contributed by atoms with E-state index in [0.717, 1.165) is 0 Å². The van der Waals surface area contributed by atoms with Gasteiger partial charge in [-0.05, 0) is 65.1 Å². The summed E-state index contributed by atoms with van der Waals surface area (Å²) in [6.07, 6.45) is 2.65. The molecule has 0 unspecified atom stereocenters. The number of ether oxygens (including phenoxy) is 1. The molecule has 4 rings (SSSR count). The van der Waals surface area contributed by atoms with Gasteiger partial charge in [-0.1, -0.05) is 17.1 Å². The lowest BCUT2D eigenvalue weighted by molar-refractivity contribution is -0.394. The van der Waals surface area contributed by atoms with Gasteiger partial charge in [0.1, 0.15) is 11.6 Å². The van der Waals surface area contributed by atoms with Gasteiger partial charge in [0.05, 0.1) is 31.1 Å². The number of amides is 2. The van der Waals surface area contributed by atoms with Gasteiger partial charge in [-0.15, -0.1) is 0 Å². The maximum atomic E-state index is 13.1. The number of para-hydroxylation sites is 1. The summed E-state index contributed by atoms with van der Waals surface area (Å²) in [5, 5.41) is 21.3. The van der Waals surface area contributed by atoms with Crippen molar-refractivity contribution in [1.82, 2.24) is 20.2 Å². The van der Waals surface area contributed by atoms with Gasteiger partial charge < -0.3 is 20.2 Å². The zero-order valence-corrected chi connectivity index (χ0v) is 19.9. The normalized spacial score (nSPS) is 10.8. The van der Waals surface area contributed by atoms with Crippen molar-refractivity contribution in [2.24, 2.45) is 5.10 Å². The highest BCUT2D eigenvalue weighted by Crippen LogP contribution is 2.21. The summed E-state index contributed by atoms with van der Waals surface area (Å²) >= 11 is 0. The van der Waals surface area contributed by atoms with Crippen molar-refractivity contribution in [3.8, 4) is 5.75 Å². The lowest BCUT2D eigenvalue weighted by Crippen LogP contribution is -2.21. The van der Waals surface area contributed by atoms with E-state index in [0.29, 0.717) is 16.9 Å². The summed E-state index contributed by atoms with van der Waals surface area (Å²) < 4.78 is 19.8. The number of aromatic nitrogens is 3. The van der Waals surface area contributed by atoms with Crippen LogP contribution in [-0.2, 0) is 6.54 Å². The van der Waals surface area contributed by atoms with Crippen molar-refractivity contribution in [1.29, 1.82) is 0 Å². The molecule has 0 radical (unpaired) electrons. The van der Waals surface area contributed by atoms with Gasteiger partial charge in [-0.3, -0.25) is 9.59 Å². The van der Waals surface area contributed by atoms with E-state index in [1.807, 2.05) is 0 Å². The number of nitrogens with zero attached hydrogens (tertiary/aromatic N) is 5. The number of halogens is 1. The zero-order valence-electron chi connectivity index (χ0n) is 19.9. The number of hydrogen-bond donors (Lipinski definition) is 2. The van der Waals surface area contributed by atoms with Crippen molar-refractivity contribution in [2.45, 2.75) is 6.54 Å². The molecule has 38 heavy (non-hydrogen) atoms. The number of nitro groups is 1. The molecule has 0 saturated heterocycles. The van der Waals surface area contributed by atoms with Crippen LogP contribution in [0.15, 0.2) is 78.2 Å². The lowest BCUT2D eigenvalue weighted by atomic mass is 10.1. The Morgan fingerprint density at radius 3 is 2.61 bits per heavy atom. The third-order valence-corrected chi connectivity index (χ3v) is 5.23. The van der Waals surface area contributed by atoms with E-state index in [9.17, 15) is 24.1 Å². The van der Waals surface area contributed by atoms with E-state index >= 15 is 0 Å². The third kappa shape index (κ3) is 6.20. The van der Waals surface area contributed by atoms with Gasteiger partial charge in [0, 0.05) is 16.2 Å². The summed E-state index contributed by atoms with van der Waals surface area (Å²) in [6.45, 7) is 0.152. The summed E-state index contributed by atoms with van der Waals surface area (Å²) in [7, 11) is 1.49. The quantitative estimate of drug-likeness (QED) is 0.196. The van der Waals surface area contributed by atoms with Crippen molar-refractivity contribution < 1.29 is 23.6 Å². The predicted molar refractivity (Wildman–Crippen MR) is 135 cm³/mol. The van der Waals surface area contributed by atoms with Gasteiger partial charge in [0.2, 0.25) is 6.33 Å². The second-order valence-electron chi connectivity index (χ2n) is 7.78. The first-order valence-electron chi connectivity index (χ1n) is 11.0. The van der Waals surface area contributed by atoms with Crippen LogP contribution < -0.4 is 15.5 Å². The highest BCUT2D eigenvalue weighted by atomic mass is 19.1. The summed E-state index contributed by atoms with van der Waals surface area (Å²) in [6, 6.07) is 16.5. The minimum absolute atomic E-state index is 0.152. The van der Waals surface area contributed by atoms with Gasteiger partial charge in [0.25, 0.3) is 11.8 Å². The minimum atomic E-state index is -0.689.